The Bertz CT molecular complexity index is 211. The second-order valence-corrected chi connectivity index (χ2v) is 4.18. The molecule has 15 heavy (non-hydrogen) atoms. The molecule has 0 aromatic rings. The van der Waals surface area contributed by atoms with Gasteiger partial charge in [-0.3, -0.25) is 4.79 Å². The molecule has 2 N–H and O–H groups in total. The number of carbonyl (C=O) groups is 1. The molecule has 0 aromatic carbocycles. The Morgan fingerprint density at radius 3 is 2.47 bits per heavy atom. The molecule has 0 heterocycles. The molecule has 0 saturated carbocycles. The molecule has 0 spiro atoms. The summed E-state index contributed by atoms with van der Waals surface area (Å²) in [6.45, 7) is -1.25. The molecule has 7 heteroatoms. The topological polar surface area (TPSA) is 46.3 Å². The predicted octanol–water partition coefficient (Wildman–Crippen LogP) is 1.09. The van der Waals surface area contributed by atoms with Crippen LogP contribution in [0.2, 0.25) is 0 Å². The number of likely N-dealkylation sites (N-methyl/N-ethyl adjacent to an activating group) is 1. The highest BCUT2D eigenvalue weighted by Gasteiger charge is 2.32. The summed E-state index contributed by atoms with van der Waals surface area (Å²) in [7, 11) is 1.11. The molecule has 0 aliphatic carbocycles. The fraction of sp³-hybridized carbons (Fsp3) is 0.875. The smallest absolute Gasteiger partial charge is 0.335 e. The quantitative estimate of drug-likeness (QED) is 0.787. The van der Waals surface area contributed by atoms with Crippen LogP contribution in [0.1, 0.15) is 6.42 Å². The average molecular weight is 244 g/mol. The lowest BCUT2D eigenvalue weighted by atomic mass is 10.2. The van der Waals surface area contributed by atoms with Gasteiger partial charge in [-0.2, -0.15) is 24.9 Å². The average Bonchev–Trinajstić information content (AvgIpc) is 2.10. The van der Waals surface area contributed by atoms with E-state index >= 15 is 0 Å². The molecule has 1 atom stereocenters. The molecular weight excluding hydrogens is 229 g/mol. The highest BCUT2D eigenvalue weighted by Crippen LogP contribution is 2.16. The van der Waals surface area contributed by atoms with Gasteiger partial charge in [-0.15, -0.1) is 0 Å². The number of carbonyl (C=O) groups excluding carboxylic acids is 1. The van der Waals surface area contributed by atoms with E-state index in [0.717, 1.165) is 7.05 Å². The second kappa shape index (κ2) is 6.22. The van der Waals surface area contributed by atoms with Crippen LogP contribution >= 0.6 is 11.8 Å². The molecule has 0 radical (unpaired) electrons. The van der Waals surface area contributed by atoms with Crippen LogP contribution in [0.25, 0.3) is 0 Å². The molecule has 1 amide bonds. The molecule has 0 aliphatic rings. The van der Waals surface area contributed by atoms with Gasteiger partial charge in [0.25, 0.3) is 0 Å². The van der Waals surface area contributed by atoms with Gasteiger partial charge in [-0.05, 0) is 18.4 Å². The number of halogens is 3. The Morgan fingerprint density at radius 1 is 1.53 bits per heavy atom. The molecule has 3 nitrogen and oxygen atoms in total. The van der Waals surface area contributed by atoms with Crippen molar-refractivity contribution >= 4 is 17.7 Å². The largest absolute Gasteiger partial charge is 0.406 e. The Morgan fingerprint density at radius 2 is 2.07 bits per heavy atom. The van der Waals surface area contributed by atoms with E-state index in [1.54, 1.807) is 0 Å². The minimum absolute atomic E-state index is 0.391. The molecule has 0 rings (SSSR count). The van der Waals surface area contributed by atoms with E-state index in [9.17, 15) is 18.0 Å². The maximum absolute atomic E-state index is 11.9. The van der Waals surface area contributed by atoms with E-state index in [0.29, 0.717) is 17.1 Å². The number of hydrogen-bond donors (Lipinski definition) is 1. The second-order valence-electron chi connectivity index (χ2n) is 3.20. The van der Waals surface area contributed by atoms with Crippen molar-refractivity contribution in [1.82, 2.24) is 4.90 Å². The zero-order chi connectivity index (χ0) is 12.1. The minimum Gasteiger partial charge on any atom is -0.335 e. The number of rotatable bonds is 5. The van der Waals surface area contributed by atoms with Gasteiger partial charge < -0.3 is 10.6 Å². The third kappa shape index (κ3) is 6.62. The first-order chi connectivity index (χ1) is 6.78. The number of thioether (sulfide) groups is 1. The predicted molar refractivity (Wildman–Crippen MR) is 54.7 cm³/mol. The Balaban J connectivity index is 4.08. The number of nitrogens with zero attached hydrogens (tertiary/aromatic N) is 1. The first kappa shape index (κ1) is 14.6. The van der Waals surface area contributed by atoms with Crippen molar-refractivity contribution in [2.24, 2.45) is 5.73 Å². The van der Waals surface area contributed by atoms with E-state index in [2.05, 4.69) is 0 Å². The molecule has 0 aliphatic heterocycles. The van der Waals surface area contributed by atoms with Crippen LogP contribution in [0.4, 0.5) is 13.2 Å². The first-order valence-electron chi connectivity index (χ1n) is 4.34. The Kier molecular flexibility index (Phi) is 6.04. The van der Waals surface area contributed by atoms with E-state index in [-0.39, 0.29) is 0 Å². The highest BCUT2D eigenvalue weighted by molar-refractivity contribution is 7.98. The Hall–Kier alpha value is -0.430. The molecule has 0 aromatic heterocycles. The van der Waals surface area contributed by atoms with Gasteiger partial charge in [0.1, 0.15) is 6.54 Å². The lowest BCUT2D eigenvalue weighted by Gasteiger charge is -2.22. The first-order valence-corrected chi connectivity index (χ1v) is 5.73. The fourth-order valence-corrected chi connectivity index (χ4v) is 1.49. The number of hydrogen-bond acceptors (Lipinski definition) is 3. The lowest BCUT2D eigenvalue weighted by molar-refractivity contribution is -0.159. The summed E-state index contributed by atoms with van der Waals surface area (Å²) in [5.41, 5.74) is 5.45. The van der Waals surface area contributed by atoms with Gasteiger partial charge in [-0.25, -0.2) is 0 Å². The van der Waals surface area contributed by atoms with Crippen molar-refractivity contribution in [3.05, 3.63) is 0 Å². The number of amides is 1. The van der Waals surface area contributed by atoms with Crippen LogP contribution in [0, 0.1) is 0 Å². The number of alkyl halides is 3. The van der Waals surface area contributed by atoms with Crippen LogP contribution in [-0.2, 0) is 4.79 Å². The van der Waals surface area contributed by atoms with Gasteiger partial charge in [0.05, 0.1) is 6.04 Å². The zero-order valence-electron chi connectivity index (χ0n) is 8.67. The SMILES string of the molecule is CSCC[C@@H](N)C(=O)N(C)CC(F)(F)F. The van der Waals surface area contributed by atoms with Crippen molar-refractivity contribution in [1.29, 1.82) is 0 Å². The van der Waals surface area contributed by atoms with E-state index < -0.39 is 24.7 Å². The van der Waals surface area contributed by atoms with Gasteiger partial charge in [0.2, 0.25) is 5.91 Å². The minimum atomic E-state index is -4.37. The summed E-state index contributed by atoms with van der Waals surface area (Å²) in [5, 5.41) is 0. The Labute approximate surface area is 91.2 Å². The molecule has 0 fully saturated rings. The van der Waals surface area contributed by atoms with Crippen LogP contribution in [-0.4, -0.2) is 48.6 Å². The zero-order valence-corrected chi connectivity index (χ0v) is 9.49. The van der Waals surface area contributed by atoms with Crippen molar-refractivity contribution in [3.8, 4) is 0 Å². The van der Waals surface area contributed by atoms with Crippen LogP contribution in [0.3, 0.4) is 0 Å². The van der Waals surface area contributed by atoms with Crippen LogP contribution in [0.5, 0.6) is 0 Å². The van der Waals surface area contributed by atoms with E-state index in [1.165, 1.54) is 11.8 Å². The van der Waals surface area contributed by atoms with Gasteiger partial charge in [-0.1, -0.05) is 0 Å². The standard InChI is InChI=1S/C8H15F3N2OS/c1-13(5-8(9,10)11)7(14)6(12)3-4-15-2/h6H,3-5,12H2,1-2H3/t6-/m1/s1. The molecule has 0 unspecified atom stereocenters. The maximum Gasteiger partial charge on any atom is 0.406 e. The number of nitrogens with two attached hydrogens (primary N) is 1. The summed E-state index contributed by atoms with van der Waals surface area (Å²) >= 11 is 1.50. The lowest BCUT2D eigenvalue weighted by Crippen LogP contribution is -2.45. The van der Waals surface area contributed by atoms with Crippen molar-refractivity contribution < 1.29 is 18.0 Å². The van der Waals surface area contributed by atoms with Gasteiger partial charge >= 0.3 is 6.18 Å². The third-order valence-electron chi connectivity index (χ3n) is 1.74. The summed E-state index contributed by atoms with van der Waals surface area (Å²) in [4.78, 5) is 11.9. The summed E-state index contributed by atoms with van der Waals surface area (Å²) in [5.74, 6) is -0.00590. The summed E-state index contributed by atoms with van der Waals surface area (Å²) in [6.07, 6.45) is -2.14. The van der Waals surface area contributed by atoms with Crippen molar-refractivity contribution in [3.63, 3.8) is 0 Å². The summed E-state index contributed by atoms with van der Waals surface area (Å²) < 4.78 is 35.8. The molecule has 0 bridgehead atoms. The highest BCUT2D eigenvalue weighted by atomic mass is 32.2. The van der Waals surface area contributed by atoms with Gasteiger partial charge in [0.15, 0.2) is 0 Å². The normalized spacial score (nSPS) is 13.7. The van der Waals surface area contributed by atoms with Crippen LogP contribution in [0.15, 0.2) is 0 Å². The monoisotopic (exact) mass is 244 g/mol. The van der Waals surface area contributed by atoms with E-state index in [4.69, 9.17) is 5.73 Å². The van der Waals surface area contributed by atoms with Crippen molar-refractivity contribution in [2.45, 2.75) is 18.6 Å². The fourth-order valence-electron chi connectivity index (χ4n) is 0.998. The van der Waals surface area contributed by atoms with Crippen LogP contribution < -0.4 is 5.73 Å². The maximum atomic E-state index is 11.9. The van der Waals surface area contributed by atoms with Crippen molar-refractivity contribution in [2.75, 3.05) is 25.6 Å². The third-order valence-corrected chi connectivity index (χ3v) is 2.39. The molecule has 90 valence electrons. The van der Waals surface area contributed by atoms with Gasteiger partial charge in [0, 0.05) is 7.05 Å². The summed E-state index contributed by atoms with van der Waals surface area (Å²) in [6, 6.07) is -0.843. The molecular formula is C8H15F3N2OS. The molecule has 0 saturated heterocycles. The van der Waals surface area contributed by atoms with E-state index in [1.807, 2.05) is 6.26 Å².